The number of nitrogens with one attached hydrogen (secondary N) is 1. The lowest BCUT2D eigenvalue weighted by Gasteiger charge is -2.17. The lowest BCUT2D eigenvalue weighted by atomic mass is 10.0. The number of nitrogens with two attached hydrogens (primary N) is 1. The third-order valence-corrected chi connectivity index (χ3v) is 5.48. The van der Waals surface area contributed by atoms with Crippen molar-refractivity contribution in [3.8, 4) is 11.4 Å². The fourth-order valence-electron chi connectivity index (χ4n) is 2.79. The fourth-order valence-corrected chi connectivity index (χ4v) is 3.64. The molecular weight excluding hydrogens is 394 g/mol. The van der Waals surface area contributed by atoms with E-state index in [9.17, 15) is 4.79 Å². The van der Waals surface area contributed by atoms with Gasteiger partial charge in [0.05, 0.1) is 11.8 Å². The summed E-state index contributed by atoms with van der Waals surface area (Å²) >= 11 is 7.27. The first-order valence-electron chi connectivity index (χ1n) is 8.93. The van der Waals surface area contributed by atoms with Crippen molar-refractivity contribution in [1.82, 2.24) is 20.2 Å². The number of hydrogen-bond donors (Lipinski definition) is 2. The Labute approximate surface area is 173 Å². The lowest BCUT2D eigenvalue weighted by Crippen LogP contribution is -2.29. The number of amides is 1. The van der Waals surface area contributed by atoms with Gasteiger partial charge in [0, 0.05) is 10.6 Å². The van der Waals surface area contributed by atoms with Gasteiger partial charge in [-0.1, -0.05) is 72.2 Å². The lowest BCUT2D eigenvalue weighted by molar-refractivity contribution is -0.119. The topological polar surface area (TPSA) is 85.8 Å². The Balaban J connectivity index is 1.62. The normalized spacial score (nSPS) is 12.0. The molecule has 8 heteroatoms. The molecule has 0 radical (unpaired) electrons. The average Bonchev–Trinajstić information content (AvgIpc) is 3.06. The molecule has 28 heavy (non-hydrogen) atoms. The molecule has 1 amide bonds. The summed E-state index contributed by atoms with van der Waals surface area (Å²) < 4.78 is 1.38. The SMILES string of the molecule is CC[C@H](NC(=O)CSc1nnc(-c2cccc(Cl)c2)n1N)c1ccc(C)cc1. The zero-order valence-corrected chi connectivity index (χ0v) is 17.3. The van der Waals surface area contributed by atoms with Crippen LogP contribution in [0.3, 0.4) is 0 Å². The molecule has 146 valence electrons. The number of rotatable bonds is 7. The van der Waals surface area contributed by atoms with Crippen molar-refractivity contribution in [3.05, 3.63) is 64.7 Å². The molecule has 1 aromatic heterocycles. The van der Waals surface area contributed by atoms with E-state index in [1.165, 1.54) is 22.0 Å². The summed E-state index contributed by atoms with van der Waals surface area (Å²) in [4.78, 5) is 12.4. The molecule has 0 fully saturated rings. The fraction of sp³-hybridized carbons (Fsp3) is 0.250. The summed E-state index contributed by atoms with van der Waals surface area (Å²) in [6, 6.07) is 15.4. The predicted octanol–water partition coefficient (Wildman–Crippen LogP) is 3.98. The van der Waals surface area contributed by atoms with E-state index in [0.29, 0.717) is 16.0 Å². The summed E-state index contributed by atoms with van der Waals surface area (Å²) in [5.74, 6) is 6.72. The quantitative estimate of drug-likeness (QED) is 0.450. The van der Waals surface area contributed by atoms with Crippen molar-refractivity contribution in [1.29, 1.82) is 0 Å². The highest BCUT2D eigenvalue weighted by atomic mass is 35.5. The van der Waals surface area contributed by atoms with Gasteiger partial charge >= 0.3 is 0 Å². The summed E-state index contributed by atoms with van der Waals surface area (Å²) in [7, 11) is 0. The molecule has 0 unspecified atom stereocenters. The third kappa shape index (κ3) is 4.85. The standard InChI is InChI=1S/C20H22ClN5OS/c1-3-17(14-9-7-13(2)8-10-14)23-18(27)12-28-20-25-24-19(26(20)22)15-5-4-6-16(21)11-15/h4-11,17H,3,12,22H2,1-2H3,(H,23,27)/t17-/m0/s1. The van der Waals surface area contributed by atoms with Crippen LogP contribution in [0.2, 0.25) is 5.02 Å². The van der Waals surface area contributed by atoms with Gasteiger partial charge in [0.15, 0.2) is 5.82 Å². The molecular formula is C20H22ClN5OS. The first-order valence-corrected chi connectivity index (χ1v) is 10.3. The molecule has 0 aliphatic heterocycles. The van der Waals surface area contributed by atoms with Gasteiger partial charge in [-0.25, -0.2) is 4.68 Å². The monoisotopic (exact) mass is 415 g/mol. The number of nitrogens with zero attached hydrogens (tertiary/aromatic N) is 3. The van der Waals surface area contributed by atoms with E-state index in [4.69, 9.17) is 17.4 Å². The highest BCUT2D eigenvalue weighted by Crippen LogP contribution is 2.24. The second-order valence-corrected chi connectivity index (χ2v) is 7.79. The van der Waals surface area contributed by atoms with E-state index in [1.807, 2.05) is 50.2 Å². The third-order valence-electron chi connectivity index (χ3n) is 4.30. The minimum atomic E-state index is -0.0790. The van der Waals surface area contributed by atoms with Crippen molar-refractivity contribution < 1.29 is 4.79 Å². The highest BCUT2D eigenvalue weighted by Gasteiger charge is 2.16. The van der Waals surface area contributed by atoms with Crippen molar-refractivity contribution in [2.75, 3.05) is 11.6 Å². The Morgan fingerprint density at radius 3 is 2.68 bits per heavy atom. The number of thioether (sulfide) groups is 1. The Bertz CT molecular complexity index is 957. The van der Waals surface area contributed by atoms with Gasteiger partial charge < -0.3 is 11.2 Å². The summed E-state index contributed by atoms with van der Waals surface area (Å²) in [6.45, 7) is 4.09. The number of aromatic nitrogens is 3. The summed E-state index contributed by atoms with van der Waals surface area (Å²) in [5.41, 5.74) is 3.05. The van der Waals surface area contributed by atoms with E-state index in [2.05, 4.69) is 15.5 Å². The summed E-state index contributed by atoms with van der Waals surface area (Å²) in [5, 5.41) is 12.3. The zero-order chi connectivity index (χ0) is 20.1. The Hall–Kier alpha value is -2.51. The second kappa shape index (κ2) is 9.12. The average molecular weight is 416 g/mol. The van der Waals surface area contributed by atoms with Crippen LogP contribution in [-0.4, -0.2) is 26.5 Å². The van der Waals surface area contributed by atoms with E-state index in [0.717, 1.165) is 17.5 Å². The number of benzene rings is 2. The van der Waals surface area contributed by atoms with Gasteiger partial charge in [0.2, 0.25) is 11.1 Å². The first kappa shape index (κ1) is 20.2. The number of nitrogen functional groups attached to an aromatic ring is 1. The van der Waals surface area contributed by atoms with Gasteiger partial charge in [-0.3, -0.25) is 4.79 Å². The molecule has 6 nitrogen and oxygen atoms in total. The molecule has 0 bridgehead atoms. The van der Waals surface area contributed by atoms with Crippen LogP contribution < -0.4 is 11.2 Å². The van der Waals surface area contributed by atoms with Crippen LogP contribution in [0.4, 0.5) is 0 Å². The maximum Gasteiger partial charge on any atom is 0.230 e. The molecule has 0 saturated heterocycles. The van der Waals surface area contributed by atoms with Gasteiger partial charge in [-0.15, -0.1) is 10.2 Å². The number of carbonyl (C=O) groups is 1. The highest BCUT2D eigenvalue weighted by molar-refractivity contribution is 7.99. The molecule has 0 saturated carbocycles. The number of halogens is 1. The van der Waals surface area contributed by atoms with Gasteiger partial charge in [-0.2, -0.15) is 0 Å². The predicted molar refractivity (Wildman–Crippen MR) is 114 cm³/mol. The van der Waals surface area contributed by atoms with Crippen molar-refractivity contribution in [3.63, 3.8) is 0 Å². The Morgan fingerprint density at radius 1 is 1.25 bits per heavy atom. The van der Waals surface area contributed by atoms with Crippen LogP contribution in [0.25, 0.3) is 11.4 Å². The second-order valence-electron chi connectivity index (χ2n) is 6.41. The molecule has 1 atom stereocenters. The summed E-state index contributed by atoms with van der Waals surface area (Å²) in [6.07, 6.45) is 0.811. The molecule has 3 aromatic rings. The smallest absolute Gasteiger partial charge is 0.230 e. The van der Waals surface area contributed by atoms with Gasteiger partial charge in [-0.05, 0) is 31.0 Å². The van der Waals surface area contributed by atoms with Crippen molar-refractivity contribution in [2.45, 2.75) is 31.5 Å². The van der Waals surface area contributed by atoms with E-state index in [-0.39, 0.29) is 17.7 Å². The van der Waals surface area contributed by atoms with Crippen LogP contribution in [-0.2, 0) is 4.79 Å². The molecule has 3 rings (SSSR count). The van der Waals surface area contributed by atoms with E-state index < -0.39 is 0 Å². The maximum absolute atomic E-state index is 12.4. The van der Waals surface area contributed by atoms with Gasteiger partial charge in [0.25, 0.3) is 0 Å². The largest absolute Gasteiger partial charge is 0.349 e. The van der Waals surface area contributed by atoms with E-state index >= 15 is 0 Å². The van der Waals surface area contributed by atoms with Crippen molar-refractivity contribution >= 4 is 29.3 Å². The van der Waals surface area contributed by atoms with Crippen LogP contribution in [0.1, 0.15) is 30.5 Å². The van der Waals surface area contributed by atoms with Crippen LogP contribution in [0.5, 0.6) is 0 Å². The maximum atomic E-state index is 12.4. The zero-order valence-electron chi connectivity index (χ0n) is 15.7. The molecule has 0 aliphatic rings. The number of carbonyl (C=O) groups excluding carboxylic acids is 1. The molecule has 0 aliphatic carbocycles. The van der Waals surface area contributed by atoms with Crippen LogP contribution in [0.15, 0.2) is 53.7 Å². The Morgan fingerprint density at radius 2 is 2.00 bits per heavy atom. The molecule has 1 heterocycles. The first-order chi connectivity index (χ1) is 13.5. The van der Waals surface area contributed by atoms with Crippen LogP contribution >= 0.6 is 23.4 Å². The van der Waals surface area contributed by atoms with Gasteiger partial charge in [0.1, 0.15) is 0 Å². The number of hydrogen-bond acceptors (Lipinski definition) is 5. The van der Waals surface area contributed by atoms with Crippen molar-refractivity contribution in [2.24, 2.45) is 0 Å². The molecule has 2 aromatic carbocycles. The van der Waals surface area contributed by atoms with Crippen LogP contribution in [0, 0.1) is 6.92 Å². The van der Waals surface area contributed by atoms with E-state index in [1.54, 1.807) is 12.1 Å². The Kier molecular flexibility index (Phi) is 6.59. The minimum Gasteiger partial charge on any atom is -0.349 e. The molecule has 0 spiro atoms. The minimum absolute atomic E-state index is 0.0218. The molecule has 3 N–H and O–H groups in total. The number of aryl methyl sites for hydroxylation is 1.